The zero-order chi connectivity index (χ0) is 28.6. The van der Waals surface area contributed by atoms with Crippen LogP contribution in [0.3, 0.4) is 0 Å². The van der Waals surface area contributed by atoms with Gasteiger partial charge in [0.1, 0.15) is 31.4 Å². The average Bonchev–Trinajstić information content (AvgIpc) is 3.21. The van der Waals surface area contributed by atoms with Crippen LogP contribution in [0.4, 0.5) is 4.79 Å². The highest BCUT2D eigenvalue weighted by atomic mass is 79.9. The van der Waals surface area contributed by atoms with E-state index in [9.17, 15) is 4.79 Å². The van der Waals surface area contributed by atoms with Crippen molar-refractivity contribution in [2.24, 2.45) is 0 Å². The number of ether oxygens (including phenoxy) is 3. The van der Waals surface area contributed by atoms with Crippen LogP contribution in [0.15, 0.2) is 47.1 Å². The van der Waals surface area contributed by atoms with Crippen LogP contribution in [0, 0.1) is 0 Å². The number of aromatic nitrogens is 3. The molecule has 3 aromatic rings. The van der Waals surface area contributed by atoms with E-state index in [0.29, 0.717) is 31.4 Å². The van der Waals surface area contributed by atoms with Gasteiger partial charge >= 0.3 is 6.09 Å². The molecule has 0 saturated carbocycles. The highest BCUT2D eigenvalue weighted by molar-refractivity contribution is 9.10. The number of fused-ring (bicyclic) bond motifs is 1. The summed E-state index contributed by atoms with van der Waals surface area (Å²) in [5.74, 6) is 0.675. The Balaban J connectivity index is 1.85. The molecule has 0 N–H and O–H groups in total. The molecule has 39 heavy (non-hydrogen) atoms. The fourth-order valence-electron chi connectivity index (χ4n) is 3.79. The second-order valence-corrected chi connectivity index (χ2v) is 24.4. The number of rotatable bonds is 14. The summed E-state index contributed by atoms with van der Waals surface area (Å²) in [7, 11) is -2.51. The molecule has 0 radical (unpaired) electrons. The van der Waals surface area contributed by atoms with E-state index < -0.39 is 28.3 Å². The third-order valence-electron chi connectivity index (χ3n) is 6.31. The van der Waals surface area contributed by atoms with Gasteiger partial charge in [-0.05, 0) is 46.6 Å². The second-order valence-electron chi connectivity index (χ2n) is 12.3. The molecule has 0 aliphatic heterocycles. The second kappa shape index (κ2) is 14.0. The first-order valence-corrected chi connectivity index (χ1v) is 21.7. The molecule has 1 aromatic carbocycles. The molecule has 0 fully saturated rings. The first-order chi connectivity index (χ1) is 18.3. The summed E-state index contributed by atoms with van der Waals surface area (Å²) >= 11 is 3.50. The van der Waals surface area contributed by atoms with Crippen molar-refractivity contribution in [1.29, 1.82) is 0 Å². The van der Waals surface area contributed by atoms with Gasteiger partial charge in [-0.2, -0.15) is 0 Å². The van der Waals surface area contributed by atoms with Crippen molar-refractivity contribution >= 4 is 49.3 Å². The molecule has 1 amide bonds. The predicted molar refractivity (Wildman–Crippen MR) is 165 cm³/mol. The lowest BCUT2D eigenvalue weighted by Crippen LogP contribution is -2.38. The highest BCUT2D eigenvalue weighted by Crippen LogP contribution is 2.27. The number of carbonyl (C=O) groups excluding carboxylic acids is 1. The Hall–Kier alpha value is -2.06. The quantitative estimate of drug-likeness (QED) is 0.104. The molecule has 2 heterocycles. The van der Waals surface area contributed by atoms with E-state index in [0.717, 1.165) is 27.6 Å². The van der Waals surface area contributed by atoms with Crippen LogP contribution < -0.4 is 0 Å². The lowest BCUT2D eigenvalue weighted by atomic mass is 10.2. The number of nitrogens with zero attached hydrogens (tertiary/aromatic N) is 4. The third-order valence-corrected chi connectivity index (χ3v) is 10.1. The normalized spacial score (nSPS) is 13.0. The van der Waals surface area contributed by atoms with E-state index in [4.69, 9.17) is 19.2 Å². The number of imidazole rings is 1. The maximum atomic E-state index is 13.4. The van der Waals surface area contributed by atoms with Gasteiger partial charge < -0.3 is 14.2 Å². The van der Waals surface area contributed by atoms with Gasteiger partial charge in [-0.25, -0.2) is 14.8 Å². The molecule has 0 aliphatic carbocycles. The maximum Gasteiger partial charge on any atom is 0.412 e. The summed E-state index contributed by atoms with van der Waals surface area (Å²) in [6, 6.07) is 13.2. The number of halogens is 1. The molecule has 3 rings (SSSR count). The van der Waals surface area contributed by atoms with Crippen LogP contribution in [0.5, 0.6) is 0 Å². The van der Waals surface area contributed by atoms with Gasteiger partial charge in [-0.3, -0.25) is 9.47 Å². The maximum absolute atomic E-state index is 13.4. The van der Waals surface area contributed by atoms with Crippen molar-refractivity contribution in [3.8, 4) is 0 Å². The Kier molecular flexibility index (Phi) is 11.3. The van der Waals surface area contributed by atoms with E-state index in [-0.39, 0.29) is 13.3 Å². The highest BCUT2D eigenvalue weighted by Gasteiger charge is 2.29. The minimum absolute atomic E-state index is 0.107. The van der Waals surface area contributed by atoms with Crippen molar-refractivity contribution < 1.29 is 19.0 Å². The van der Waals surface area contributed by atoms with E-state index in [1.54, 1.807) is 11.1 Å². The molecule has 1 atom stereocenters. The summed E-state index contributed by atoms with van der Waals surface area (Å²) in [5.41, 5.74) is 2.37. The SMILES string of the molecule is C[C@H](c1nc2cc(Br)cnc2n1COCC[Si](C)(C)C)N(COCC[Si](C)(C)C)C(=O)OCc1ccccc1. The van der Waals surface area contributed by atoms with Gasteiger partial charge in [0.05, 0.1) is 6.04 Å². The largest absolute Gasteiger partial charge is 0.444 e. The first-order valence-electron chi connectivity index (χ1n) is 13.5. The number of hydrogen-bond acceptors (Lipinski definition) is 6. The Morgan fingerprint density at radius 1 is 1.03 bits per heavy atom. The monoisotopic (exact) mass is 634 g/mol. The molecule has 11 heteroatoms. The van der Waals surface area contributed by atoms with Crippen LogP contribution in [-0.4, -0.2) is 61.6 Å². The summed E-state index contributed by atoms with van der Waals surface area (Å²) in [6.45, 7) is 17.7. The Morgan fingerprint density at radius 2 is 1.67 bits per heavy atom. The zero-order valence-electron chi connectivity index (χ0n) is 24.4. The molecule has 0 saturated heterocycles. The smallest absolute Gasteiger partial charge is 0.412 e. The van der Waals surface area contributed by atoms with Crippen molar-refractivity contribution in [3.63, 3.8) is 0 Å². The third kappa shape index (κ3) is 10.1. The molecule has 0 unspecified atom stereocenters. The minimum atomic E-state index is -1.28. The molecule has 214 valence electrons. The molecule has 2 aromatic heterocycles. The predicted octanol–water partition coefficient (Wildman–Crippen LogP) is 7.52. The molecule has 0 spiro atoms. The van der Waals surface area contributed by atoms with Crippen molar-refractivity contribution in [3.05, 3.63) is 58.5 Å². The van der Waals surface area contributed by atoms with Gasteiger partial charge in [-0.15, -0.1) is 0 Å². The number of carbonyl (C=O) groups is 1. The summed E-state index contributed by atoms with van der Waals surface area (Å²) in [5, 5.41) is 0. The first kappa shape index (κ1) is 31.5. The van der Waals surface area contributed by atoms with Crippen molar-refractivity contribution in [1.82, 2.24) is 19.4 Å². The number of pyridine rings is 1. The number of hydrogen-bond donors (Lipinski definition) is 0. The van der Waals surface area contributed by atoms with Crippen LogP contribution in [0.2, 0.25) is 51.4 Å². The van der Waals surface area contributed by atoms with Gasteiger partial charge in [-0.1, -0.05) is 69.6 Å². The summed E-state index contributed by atoms with van der Waals surface area (Å²) < 4.78 is 20.7. The zero-order valence-corrected chi connectivity index (χ0v) is 28.0. The fraction of sp³-hybridized carbons (Fsp3) is 0.536. The van der Waals surface area contributed by atoms with Gasteiger partial charge in [0.25, 0.3) is 0 Å². The topological polar surface area (TPSA) is 78.7 Å². The van der Waals surface area contributed by atoms with Crippen molar-refractivity contribution in [2.75, 3.05) is 19.9 Å². The molecule has 8 nitrogen and oxygen atoms in total. The minimum Gasteiger partial charge on any atom is -0.444 e. The van der Waals surface area contributed by atoms with Crippen LogP contribution in [-0.2, 0) is 27.5 Å². The number of amides is 1. The van der Waals surface area contributed by atoms with Crippen LogP contribution in [0.25, 0.3) is 11.2 Å². The fourth-order valence-corrected chi connectivity index (χ4v) is 5.62. The summed E-state index contributed by atoms with van der Waals surface area (Å²) in [4.78, 5) is 24.5. The van der Waals surface area contributed by atoms with Gasteiger partial charge in [0.2, 0.25) is 0 Å². The molecular weight excluding hydrogens is 592 g/mol. The van der Waals surface area contributed by atoms with Gasteiger partial charge in [0, 0.05) is 40.0 Å². The Labute approximate surface area is 243 Å². The molecule has 0 bridgehead atoms. The summed E-state index contributed by atoms with van der Waals surface area (Å²) in [6.07, 6.45) is 1.30. The Bertz CT molecular complexity index is 1210. The van der Waals surface area contributed by atoms with E-state index in [2.05, 4.69) is 60.2 Å². The van der Waals surface area contributed by atoms with E-state index in [1.165, 1.54) is 0 Å². The van der Waals surface area contributed by atoms with E-state index >= 15 is 0 Å². The van der Waals surface area contributed by atoms with Crippen molar-refractivity contribution in [2.45, 2.75) is 77.7 Å². The lowest BCUT2D eigenvalue weighted by molar-refractivity contribution is 0.000938. The van der Waals surface area contributed by atoms with Crippen LogP contribution >= 0.6 is 15.9 Å². The molecular formula is C28H43BrN4O4Si2. The van der Waals surface area contributed by atoms with Gasteiger partial charge in [0.15, 0.2) is 5.65 Å². The average molecular weight is 636 g/mol. The lowest BCUT2D eigenvalue weighted by Gasteiger charge is -2.29. The Morgan fingerprint density at radius 3 is 2.31 bits per heavy atom. The number of benzene rings is 1. The van der Waals surface area contributed by atoms with E-state index in [1.807, 2.05) is 47.9 Å². The standard InChI is InChI=1S/C28H43BrN4O4Si2/c1-22(26-31-25-17-24(29)18-30-27(25)33(26)21-36-14-16-39(5,6)7)32(20-35-13-15-38(2,3)4)28(34)37-19-23-11-9-8-10-12-23/h8-12,17-18,22H,13-16,19-21H2,1-7H3/t22-/m1/s1. The van der Waals surface area contributed by atoms with Crippen LogP contribution in [0.1, 0.15) is 24.4 Å². The molecule has 0 aliphatic rings.